The Morgan fingerprint density at radius 3 is 3.06 bits per heavy atom. The van der Waals surface area contributed by atoms with Crippen molar-refractivity contribution in [3.63, 3.8) is 0 Å². The van der Waals surface area contributed by atoms with Crippen molar-refractivity contribution in [3.05, 3.63) is 45.2 Å². The summed E-state index contributed by atoms with van der Waals surface area (Å²) in [5.74, 6) is -0.111. The van der Waals surface area contributed by atoms with E-state index in [4.69, 9.17) is 0 Å². The summed E-state index contributed by atoms with van der Waals surface area (Å²) in [4.78, 5) is 12.0. The van der Waals surface area contributed by atoms with Crippen LogP contribution in [0.2, 0.25) is 0 Å². The molecule has 90 valence electrons. The Kier molecular flexibility index (Phi) is 2.89. The molecule has 6 heteroatoms. The summed E-state index contributed by atoms with van der Waals surface area (Å²) in [6.45, 7) is 0. The molecule has 0 aliphatic heterocycles. The fourth-order valence-corrected chi connectivity index (χ4v) is 2.79. The van der Waals surface area contributed by atoms with Crippen LogP contribution in [0.3, 0.4) is 0 Å². The van der Waals surface area contributed by atoms with E-state index >= 15 is 0 Å². The summed E-state index contributed by atoms with van der Waals surface area (Å²) in [5.41, 5.74) is 2.36. The SMILES string of the molecule is O=C(Nc1ccc2[nH]ncc2c1)c1csc(Br)c1. The number of aromatic nitrogens is 2. The van der Waals surface area contributed by atoms with Crippen LogP contribution in [-0.2, 0) is 0 Å². The van der Waals surface area contributed by atoms with Crippen LogP contribution < -0.4 is 5.32 Å². The molecule has 0 bridgehead atoms. The maximum absolute atomic E-state index is 12.0. The number of hydrogen-bond donors (Lipinski definition) is 2. The fourth-order valence-electron chi connectivity index (χ4n) is 1.65. The minimum absolute atomic E-state index is 0.111. The number of nitrogens with zero attached hydrogens (tertiary/aromatic N) is 1. The molecule has 3 rings (SSSR count). The molecule has 4 nitrogen and oxygen atoms in total. The highest BCUT2D eigenvalue weighted by Gasteiger charge is 2.08. The minimum Gasteiger partial charge on any atom is -0.322 e. The molecule has 0 unspecified atom stereocenters. The average molecular weight is 322 g/mol. The van der Waals surface area contributed by atoms with Gasteiger partial charge in [0.2, 0.25) is 0 Å². The molecule has 18 heavy (non-hydrogen) atoms. The van der Waals surface area contributed by atoms with Crippen LogP contribution in [0.4, 0.5) is 5.69 Å². The molecule has 2 heterocycles. The Balaban J connectivity index is 1.85. The maximum Gasteiger partial charge on any atom is 0.256 e. The highest BCUT2D eigenvalue weighted by Crippen LogP contribution is 2.22. The first kappa shape index (κ1) is 11.4. The Morgan fingerprint density at radius 2 is 2.28 bits per heavy atom. The van der Waals surface area contributed by atoms with Gasteiger partial charge >= 0.3 is 0 Å². The Labute approximate surface area is 115 Å². The Morgan fingerprint density at radius 1 is 1.39 bits per heavy atom. The molecule has 0 atom stereocenters. The van der Waals surface area contributed by atoms with Crippen molar-refractivity contribution in [2.75, 3.05) is 5.32 Å². The second-order valence-corrected chi connectivity index (χ2v) is 6.06. The van der Waals surface area contributed by atoms with E-state index in [1.54, 1.807) is 12.3 Å². The highest BCUT2D eigenvalue weighted by molar-refractivity contribution is 9.11. The van der Waals surface area contributed by atoms with E-state index in [0.717, 1.165) is 20.4 Å². The van der Waals surface area contributed by atoms with Gasteiger partial charge in [0.05, 0.1) is 21.1 Å². The zero-order valence-electron chi connectivity index (χ0n) is 9.11. The van der Waals surface area contributed by atoms with Crippen LogP contribution >= 0.6 is 27.3 Å². The van der Waals surface area contributed by atoms with Gasteiger partial charge in [-0.2, -0.15) is 5.10 Å². The molecular weight excluding hydrogens is 314 g/mol. The summed E-state index contributed by atoms with van der Waals surface area (Å²) in [7, 11) is 0. The number of hydrogen-bond acceptors (Lipinski definition) is 3. The van der Waals surface area contributed by atoms with Gasteiger partial charge in [-0.15, -0.1) is 11.3 Å². The Bertz CT molecular complexity index is 719. The molecule has 0 saturated heterocycles. The summed E-state index contributed by atoms with van der Waals surface area (Å²) in [5, 5.41) is 12.5. The average Bonchev–Trinajstić information content (AvgIpc) is 2.96. The molecule has 0 spiro atoms. The molecule has 2 N–H and O–H groups in total. The van der Waals surface area contributed by atoms with Crippen molar-refractivity contribution in [2.45, 2.75) is 0 Å². The van der Waals surface area contributed by atoms with Crippen molar-refractivity contribution in [3.8, 4) is 0 Å². The summed E-state index contributed by atoms with van der Waals surface area (Å²) >= 11 is 4.83. The normalized spacial score (nSPS) is 10.7. The molecule has 1 aromatic carbocycles. The Hall–Kier alpha value is -1.66. The molecule has 2 aromatic heterocycles. The highest BCUT2D eigenvalue weighted by atomic mass is 79.9. The summed E-state index contributed by atoms with van der Waals surface area (Å²) in [6, 6.07) is 7.43. The number of carbonyl (C=O) groups is 1. The summed E-state index contributed by atoms with van der Waals surface area (Å²) in [6.07, 6.45) is 1.73. The van der Waals surface area contributed by atoms with Crippen LogP contribution in [0, 0.1) is 0 Å². The van der Waals surface area contributed by atoms with Gasteiger partial charge in [0, 0.05) is 16.5 Å². The molecular formula is C12H8BrN3OS. The fraction of sp³-hybridized carbons (Fsp3) is 0. The number of rotatable bonds is 2. The van der Waals surface area contributed by atoms with Crippen LogP contribution in [0.1, 0.15) is 10.4 Å². The number of anilines is 1. The first-order valence-electron chi connectivity index (χ1n) is 5.21. The molecule has 3 aromatic rings. The standard InChI is InChI=1S/C12H8BrN3OS/c13-11-4-8(6-18-11)12(17)15-9-1-2-10-7(3-9)5-14-16-10/h1-6H,(H,14,16)(H,15,17). The van der Waals surface area contributed by atoms with Gasteiger partial charge in [-0.3, -0.25) is 9.89 Å². The molecule has 0 fully saturated rings. The zero-order valence-corrected chi connectivity index (χ0v) is 11.5. The van der Waals surface area contributed by atoms with Gasteiger partial charge in [0.1, 0.15) is 0 Å². The van der Waals surface area contributed by atoms with Gasteiger partial charge in [0.15, 0.2) is 0 Å². The lowest BCUT2D eigenvalue weighted by Crippen LogP contribution is -2.10. The van der Waals surface area contributed by atoms with E-state index in [-0.39, 0.29) is 5.91 Å². The van der Waals surface area contributed by atoms with E-state index in [1.165, 1.54) is 11.3 Å². The number of benzene rings is 1. The molecule has 0 aliphatic carbocycles. The number of nitrogens with one attached hydrogen (secondary N) is 2. The number of H-pyrrole nitrogens is 1. The van der Waals surface area contributed by atoms with Gasteiger partial charge in [0.25, 0.3) is 5.91 Å². The molecule has 0 saturated carbocycles. The number of aromatic amines is 1. The third kappa shape index (κ3) is 2.16. The first-order valence-corrected chi connectivity index (χ1v) is 6.88. The topological polar surface area (TPSA) is 57.8 Å². The molecule has 0 radical (unpaired) electrons. The van der Waals surface area contributed by atoms with Gasteiger partial charge in [-0.1, -0.05) is 0 Å². The number of carbonyl (C=O) groups excluding carboxylic acids is 1. The molecule has 1 amide bonds. The third-order valence-electron chi connectivity index (χ3n) is 2.53. The van der Waals surface area contributed by atoms with E-state index in [1.807, 2.05) is 23.6 Å². The van der Waals surface area contributed by atoms with Crippen molar-refractivity contribution in [1.29, 1.82) is 0 Å². The predicted molar refractivity (Wildman–Crippen MR) is 76.1 cm³/mol. The number of halogens is 1. The lowest BCUT2D eigenvalue weighted by atomic mass is 10.2. The lowest BCUT2D eigenvalue weighted by molar-refractivity contribution is 0.102. The van der Waals surface area contributed by atoms with E-state index < -0.39 is 0 Å². The number of amides is 1. The quantitative estimate of drug-likeness (QED) is 0.757. The van der Waals surface area contributed by atoms with E-state index in [0.29, 0.717) is 5.56 Å². The summed E-state index contributed by atoms with van der Waals surface area (Å²) < 4.78 is 0.943. The monoisotopic (exact) mass is 321 g/mol. The minimum atomic E-state index is -0.111. The maximum atomic E-state index is 12.0. The van der Waals surface area contributed by atoms with Crippen LogP contribution in [0.5, 0.6) is 0 Å². The van der Waals surface area contributed by atoms with Crippen LogP contribution in [-0.4, -0.2) is 16.1 Å². The zero-order chi connectivity index (χ0) is 12.5. The van der Waals surface area contributed by atoms with E-state index in [9.17, 15) is 4.79 Å². The van der Waals surface area contributed by atoms with Crippen molar-refractivity contribution in [1.82, 2.24) is 10.2 Å². The smallest absolute Gasteiger partial charge is 0.256 e. The predicted octanol–water partition coefficient (Wildman–Crippen LogP) is 3.64. The van der Waals surface area contributed by atoms with Crippen molar-refractivity contribution < 1.29 is 4.79 Å². The number of fused-ring (bicyclic) bond motifs is 1. The van der Waals surface area contributed by atoms with Crippen LogP contribution in [0.15, 0.2) is 39.6 Å². The number of thiophene rings is 1. The van der Waals surface area contributed by atoms with E-state index in [2.05, 4.69) is 31.4 Å². The largest absolute Gasteiger partial charge is 0.322 e. The van der Waals surface area contributed by atoms with Gasteiger partial charge < -0.3 is 5.32 Å². The van der Waals surface area contributed by atoms with Gasteiger partial charge in [-0.05, 0) is 40.2 Å². The van der Waals surface area contributed by atoms with Crippen molar-refractivity contribution in [2.24, 2.45) is 0 Å². The van der Waals surface area contributed by atoms with Crippen LogP contribution in [0.25, 0.3) is 10.9 Å². The van der Waals surface area contributed by atoms with Gasteiger partial charge in [-0.25, -0.2) is 0 Å². The lowest BCUT2D eigenvalue weighted by Gasteiger charge is -2.03. The van der Waals surface area contributed by atoms with Crippen molar-refractivity contribution >= 4 is 49.8 Å². The second kappa shape index (κ2) is 4.55. The third-order valence-corrected chi connectivity index (χ3v) is 4.03. The first-order chi connectivity index (χ1) is 8.72. The molecule has 0 aliphatic rings. The second-order valence-electron chi connectivity index (χ2n) is 3.77.